The molecular formula is C12H11ClFN3O2. The minimum atomic E-state index is -0.427. The van der Waals surface area contributed by atoms with Crippen molar-refractivity contribution in [2.45, 2.75) is 6.92 Å². The molecule has 0 spiro atoms. The van der Waals surface area contributed by atoms with Crippen LogP contribution >= 0.6 is 11.6 Å². The van der Waals surface area contributed by atoms with Crippen LogP contribution in [0.4, 0.5) is 4.39 Å². The maximum Gasteiger partial charge on any atom is 0.336 e. The lowest BCUT2D eigenvalue weighted by Crippen LogP contribution is -2.07. The van der Waals surface area contributed by atoms with E-state index in [-0.39, 0.29) is 23.4 Å². The van der Waals surface area contributed by atoms with Crippen molar-refractivity contribution in [3.63, 3.8) is 0 Å². The summed E-state index contributed by atoms with van der Waals surface area (Å²) in [4.78, 5) is 14.9. The molecule has 19 heavy (non-hydrogen) atoms. The van der Waals surface area contributed by atoms with Gasteiger partial charge in [-0.15, -0.1) is 5.10 Å². The number of benzene rings is 1. The van der Waals surface area contributed by atoms with Crippen molar-refractivity contribution < 1.29 is 13.9 Å². The number of aromatic nitrogens is 3. The zero-order chi connectivity index (χ0) is 14.0. The van der Waals surface area contributed by atoms with Crippen molar-refractivity contribution in [2.24, 2.45) is 7.05 Å². The number of carbonyl (C=O) groups excluding carboxylic acids is 1. The molecule has 0 saturated carbocycles. The molecule has 7 heteroatoms. The zero-order valence-electron chi connectivity index (χ0n) is 10.4. The molecule has 2 aromatic rings. The summed E-state index contributed by atoms with van der Waals surface area (Å²) in [6, 6.07) is 4.07. The van der Waals surface area contributed by atoms with E-state index in [1.165, 1.54) is 29.8 Å². The first kappa shape index (κ1) is 13.5. The molecular weight excluding hydrogens is 273 g/mol. The predicted octanol–water partition coefficient (Wildman–Crippen LogP) is 2.24. The number of ether oxygens (including phenoxy) is 1. The van der Waals surface area contributed by atoms with Crippen molar-refractivity contribution in [1.82, 2.24) is 14.8 Å². The molecule has 1 aromatic carbocycles. The van der Waals surface area contributed by atoms with Crippen LogP contribution in [-0.4, -0.2) is 27.2 Å². The number of carbonyl (C=O) groups is 1. The predicted molar refractivity (Wildman–Crippen MR) is 67.6 cm³/mol. The van der Waals surface area contributed by atoms with Crippen molar-refractivity contribution in [1.29, 1.82) is 0 Å². The van der Waals surface area contributed by atoms with Gasteiger partial charge >= 0.3 is 6.01 Å². The minimum absolute atomic E-state index is 0.0769. The van der Waals surface area contributed by atoms with Crippen LogP contribution < -0.4 is 4.74 Å². The molecule has 0 aliphatic rings. The van der Waals surface area contributed by atoms with E-state index in [9.17, 15) is 9.18 Å². The Morgan fingerprint density at radius 2 is 2.26 bits per heavy atom. The molecule has 1 heterocycles. The van der Waals surface area contributed by atoms with E-state index < -0.39 is 5.82 Å². The maximum absolute atomic E-state index is 13.0. The minimum Gasteiger partial charge on any atom is -0.454 e. The monoisotopic (exact) mass is 283 g/mol. The van der Waals surface area contributed by atoms with Gasteiger partial charge in [-0.05, 0) is 25.1 Å². The van der Waals surface area contributed by atoms with E-state index in [4.69, 9.17) is 16.3 Å². The van der Waals surface area contributed by atoms with E-state index in [2.05, 4.69) is 10.1 Å². The van der Waals surface area contributed by atoms with Crippen LogP contribution in [0.25, 0.3) is 11.4 Å². The van der Waals surface area contributed by atoms with Crippen molar-refractivity contribution in [3.8, 4) is 17.4 Å². The van der Waals surface area contributed by atoms with Gasteiger partial charge in [0.05, 0.1) is 5.02 Å². The summed E-state index contributed by atoms with van der Waals surface area (Å²) in [6.07, 6.45) is 0. The second-order valence-corrected chi connectivity index (χ2v) is 4.36. The van der Waals surface area contributed by atoms with E-state index in [1.54, 1.807) is 7.05 Å². The smallest absolute Gasteiger partial charge is 0.336 e. The first-order valence-electron chi connectivity index (χ1n) is 5.46. The number of Topliss-reactive ketones (excluding diaryl/α,β-unsaturated/α-hetero) is 1. The third kappa shape index (κ3) is 3.08. The highest BCUT2D eigenvalue weighted by Crippen LogP contribution is 2.27. The van der Waals surface area contributed by atoms with E-state index in [1.807, 2.05) is 0 Å². The summed E-state index contributed by atoms with van der Waals surface area (Å²) >= 11 is 5.96. The Morgan fingerprint density at radius 3 is 2.89 bits per heavy atom. The number of aryl methyl sites for hydroxylation is 1. The Morgan fingerprint density at radius 1 is 1.53 bits per heavy atom. The van der Waals surface area contributed by atoms with Gasteiger partial charge in [0.25, 0.3) is 0 Å². The lowest BCUT2D eigenvalue weighted by molar-refractivity contribution is -0.119. The van der Waals surface area contributed by atoms with Gasteiger partial charge in [-0.3, -0.25) is 4.79 Å². The number of hydrogen-bond acceptors (Lipinski definition) is 4. The van der Waals surface area contributed by atoms with Gasteiger partial charge in [-0.25, -0.2) is 9.07 Å². The number of hydrogen-bond donors (Lipinski definition) is 0. The molecule has 0 radical (unpaired) electrons. The molecule has 0 amide bonds. The zero-order valence-corrected chi connectivity index (χ0v) is 11.1. The summed E-state index contributed by atoms with van der Waals surface area (Å²) in [7, 11) is 1.66. The number of ketones is 1. The van der Waals surface area contributed by atoms with E-state index in [0.717, 1.165) is 0 Å². The molecule has 0 unspecified atom stereocenters. The average Bonchev–Trinajstić information content (AvgIpc) is 2.68. The van der Waals surface area contributed by atoms with Crippen LogP contribution in [0.1, 0.15) is 6.92 Å². The summed E-state index contributed by atoms with van der Waals surface area (Å²) in [6.45, 7) is 1.31. The quantitative estimate of drug-likeness (QED) is 0.863. The highest BCUT2D eigenvalue weighted by Gasteiger charge is 2.14. The highest BCUT2D eigenvalue weighted by molar-refractivity contribution is 6.33. The van der Waals surface area contributed by atoms with Crippen molar-refractivity contribution in [2.75, 3.05) is 6.61 Å². The van der Waals surface area contributed by atoms with Gasteiger partial charge in [-0.1, -0.05) is 11.6 Å². The van der Waals surface area contributed by atoms with Gasteiger partial charge in [0.1, 0.15) is 12.4 Å². The second kappa shape index (κ2) is 5.36. The third-order valence-corrected chi connectivity index (χ3v) is 2.63. The lowest BCUT2D eigenvalue weighted by Gasteiger charge is -2.02. The van der Waals surface area contributed by atoms with Crippen LogP contribution in [0.3, 0.4) is 0 Å². The molecule has 0 saturated heterocycles. The molecule has 0 bridgehead atoms. The van der Waals surface area contributed by atoms with Gasteiger partial charge in [-0.2, -0.15) is 4.98 Å². The topological polar surface area (TPSA) is 57.0 Å². The maximum atomic E-state index is 13.0. The molecule has 0 aliphatic heterocycles. The summed E-state index contributed by atoms with van der Waals surface area (Å²) in [5.74, 6) is -0.124. The molecule has 0 atom stereocenters. The first-order chi connectivity index (χ1) is 8.97. The SMILES string of the molecule is CC(=O)COc1nc(-c2ccc(F)cc2Cl)n(C)n1. The number of halogens is 2. The molecule has 0 fully saturated rings. The van der Waals surface area contributed by atoms with Crippen LogP contribution in [0.15, 0.2) is 18.2 Å². The number of nitrogens with zero attached hydrogens (tertiary/aromatic N) is 3. The molecule has 0 aliphatic carbocycles. The van der Waals surface area contributed by atoms with E-state index >= 15 is 0 Å². The largest absolute Gasteiger partial charge is 0.454 e. The molecule has 1 aromatic heterocycles. The van der Waals surface area contributed by atoms with Gasteiger partial charge in [0.2, 0.25) is 0 Å². The van der Waals surface area contributed by atoms with Gasteiger partial charge < -0.3 is 4.74 Å². The van der Waals surface area contributed by atoms with Crippen molar-refractivity contribution >= 4 is 17.4 Å². The molecule has 100 valence electrons. The Balaban J connectivity index is 2.32. The Hall–Kier alpha value is -1.95. The highest BCUT2D eigenvalue weighted by atomic mass is 35.5. The Kier molecular flexibility index (Phi) is 3.80. The second-order valence-electron chi connectivity index (χ2n) is 3.96. The number of rotatable bonds is 4. The summed E-state index contributed by atoms with van der Waals surface area (Å²) in [5.41, 5.74) is 0.538. The Labute approximate surface area is 114 Å². The summed E-state index contributed by atoms with van der Waals surface area (Å²) in [5, 5.41) is 4.23. The van der Waals surface area contributed by atoms with E-state index in [0.29, 0.717) is 11.4 Å². The fourth-order valence-corrected chi connectivity index (χ4v) is 1.75. The van der Waals surface area contributed by atoms with Crippen LogP contribution in [-0.2, 0) is 11.8 Å². The molecule has 0 N–H and O–H groups in total. The molecule has 5 nitrogen and oxygen atoms in total. The van der Waals surface area contributed by atoms with Crippen LogP contribution in [0.5, 0.6) is 6.01 Å². The summed E-state index contributed by atoms with van der Waals surface area (Å²) < 4.78 is 19.5. The average molecular weight is 284 g/mol. The van der Waals surface area contributed by atoms with Gasteiger partial charge in [0.15, 0.2) is 11.6 Å². The Bertz CT molecular complexity index is 627. The fraction of sp³-hybridized carbons (Fsp3) is 0.250. The first-order valence-corrected chi connectivity index (χ1v) is 5.84. The molecule has 2 rings (SSSR count). The third-order valence-electron chi connectivity index (χ3n) is 2.32. The standard InChI is InChI=1S/C12H11ClFN3O2/c1-7(18)6-19-12-15-11(17(2)16-12)9-4-3-8(14)5-10(9)13/h3-5H,6H2,1-2H3. The van der Waals surface area contributed by atoms with Crippen molar-refractivity contribution in [3.05, 3.63) is 29.0 Å². The van der Waals surface area contributed by atoms with Crippen LogP contribution in [0, 0.1) is 5.82 Å². The normalized spacial score (nSPS) is 10.5. The lowest BCUT2D eigenvalue weighted by atomic mass is 10.2. The van der Waals surface area contributed by atoms with Gasteiger partial charge in [0, 0.05) is 12.6 Å². The fourth-order valence-electron chi connectivity index (χ4n) is 1.49. The van der Waals surface area contributed by atoms with Crippen LogP contribution in [0.2, 0.25) is 5.02 Å².